The Hall–Kier alpha value is -0.830. The van der Waals surface area contributed by atoms with Crippen molar-refractivity contribution in [2.75, 3.05) is 7.05 Å². The zero-order chi connectivity index (χ0) is 11.5. The lowest BCUT2D eigenvalue weighted by atomic mass is 9.87. The topological polar surface area (TPSA) is 29.3 Å². The van der Waals surface area contributed by atoms with Crippen molar-refractivity contribution in [1.82, 2.24) is 10.1 Å². The standard InChI is InChI=1S/C13H22N2O/c1-10-4-6-12(7-5-10)15(3)9-13-8-11(2)14-16-13/h8,10,12H,4-7,9H2,1-3H3. The minimum atomic E-state index is 0.724. The number of aryl methyl sites for hydroxylation is 1. The molecule has 0 atom stereocenters. The van der Waals surface area contributed by atoms with Crippen molar-refractivity contribution in [2.24, 2.45) is 5.92 Å². The molecule has 0 bridgehead atoms. The fourth-order valence-corrected chi connectivity index (χ4v) is 2.55. The highest BCUT2D eigenvalue weighted by atomic mass is 16.5. The van der Waals surface area contributed by atoms with Crippen LogP contribution in [0, 0.1) is 12.8 Å². The van der Waals surface area contributed by atoms with Crippen molar-refractivity contribution in [1.29, 1.82) is 0 Å². The summed E-state index contributed by atoms with van der Waals surface area (Å²) in [4.78, 5) is 2.41. The molecule has 1 aromatic heterocycles. The lowest BCUT2D eigenvalue weighted by Crippen LogP contribution is -2.34. The van der Waals surface area contributed by atoms with Crippen molar-refractivity contribution in [3.63, 3.8) is 0 Å². The summed E-state index contributed by atoms with van der Waals surface area (Å²) in [5.74, 6) is 1.90. The van der Waals surface area contributed by atoms with Gasteiger partial charge in [-0.1, -0.05) is 12.1 Å². The van der Waals surface area contributed by atoms with Crippen molar-refractivity contribution in [3.05, 3.63) is 17.5 Å². The van der Waals surface area contributed by atoms with E-state index in [1.54, 1.807) is 0 Å². The minimum absolute atomic E-state index is 0.724. The maximum Gasteiger partial charge on any atom is 0.150 e. The van der Waals surface area contributed by atoms with Crippen LogP contribution < -0.4 is 0 Å². The van der Waals surface area contributed by atoms with Crippen LogP contribution in [0.1, 0.15) is 44.1 Å². The summed E-state index contributed by atoms with van der Waals surface area (Å²) >= 11 is 0. The van der Waals surface area contributed by atoms with E-state index in [0.717, 1.165) is 30.0 Å². The quantitative estimate of drug-likeness (QED) is 0.787. The Bertz CT molecular complexity index is 326. The molecule has 0 unspecified atom stereocenters. The van der Waals surface area contributed by atoms with E-state index in [1.165, 1.54) is 25.7 Å². The number of aromatic nitrogens is 1. The van der Waals surface area contributed by atoms with Crippen LogP contribution in [0.5, 0.6) is 0 Å². The van der Waals surface area contributed by atoms with Crippen LogP contribution in [0.15, 0.2) is 10.6 Å². The molecule has 1 aliphatic carbocycles. The van der Waals surface area contributed by atoms with Crippen LogP contribution in [0.2, 0.25) is 0 Å². The number of nitrogens with zero attached hydrogens (tertiary/aromatic N) is 2. The van der Waals surface area contributed by atoms with Crippen LogP contribution in [0.25, 0.3) is 0 Å². The van der Waals surface area contributed by atoms with E-state index in [-0.39, 0.29) is 0 Å². The van der Waals surface area contributed by atoms with Crippen LogP contribution in [0.3, 0.4) is 0 Å². The smallest absolute Gasteiger partial charge is 0.150 e. The SMILES string of the molecule is Cc1cc(CN(C)C2CCC(C)CC2)on1. The third-order valence-corrected chi connectivity index (χ3v) is 3.69. The summed E-state index contributed by atoms with van der Waals surface area (Å²) in [5.41, 5.74) is 0.973. The molecule has 1 aromatic rings. The number of hydrogen-bond acceptors (Lipinski definition) is 3. The monoisotopic (exact) mass is 222 g/mol. The first-order valence-corrected chi connectivity index (χ1v) is 6.27. The predicted molar refractivity (Wildman–Crippen MR) is 64.1 cm³/mol. The lowest BCUT2D eigenvalue weighted by Gasteiger charge is -2.32. The molecule has 0 aliphatic heterocycles. The van der Waals surface area contributed by atoms with E-state index in [4.69, 9.17) is 4.52 Å². The van der Waals surface area contributed by atoms with Gasteiger partial charge in [-0.2, -0.15) is 0 Å². The molecule has 1 fully saturated rings. The molecule has 0 spiro atoms. The molecule has 1 aliphatic rings. The van der Waals surface area contributed by atoms with Gasteiger partial charge < -0.3 is 4.52 Å². The maximum atomic E-state index is 5.26. The Morgan fingerprint density at radius 2 is 2.06 bits per heavy atom. The summed E-state index contributed by atoms with van der Waals surface area (Å²) < 4.78 is 5.26. The van der Waals surface area contributed by atoms with Gasteiger partial charge in [-0.05, 0) is 45.6 Å². The van der Waals surface area contributed by atoms with Gasteiger partial charge in [-0.3, -0.25) is 4.90 Å². The molecule has 0 aromatic carbocycles. The molecule has 16 heavy (non-hydrogen) atoms. The first kappa shape index (κ1) is 11.6. The van der Waals surface area contributed by atoms with E-state index < -0.39 is 0 Å². The summed E-state index contributed by atoms with van der Waals surface area (Å²) in [6, 6.07) is 2.75. The van der Waals surface area contributed by atoms with E-state index >= 15 is 0 Å². The highest BCUT2D eigenvalue weighted by molar-refractivity contribution is 5.03. The van der Waals surface area contributed by atoms with Crippen molar-refractivity contribution < 1.29 is 4.52 Å². The molecule has 0 N–H and O–H groups in total. The predicted octanol–water partition coefficient (Wildman–Crippen LogP) is 2.99. The third kappa shape index (κ3) is 2.85. The summed E-state index contributed by atoms with van der Waals surface area (Å²) in [6.07, 6.45) is 5.38. The average Bonchev–Trinajstić information content (AvgIpc) is 2.65. The van der Waals surface area contributed by atoms with Crippen molar-refractivity contribution in [2.45, 2.75) is 52.1 Å². The molecule has 1 saturated carbocycles. The van der Waals surface area contributed by atoms with E-state index in [9.17, 15) is 0 Å². The molecule has 3 heteroatoms. The third-order valence-electron chi connectivity index (χ3n) is 3.69. The van der Waals surface area contributed by atoms with E-state index in [1.807, 2.05) is 13.0 Å². The van der Waals surface area contributed by atoms with Crippen LogP contribution in [-0.4, -0.2) is 23.1 Å². The highest BCUT2D eigenvalue weighted by Crippen LogP contribution is 2.27. The molecular formula is C13H22N2O. The second-order valence-corrected chi connectivity index (χ2v) is 5.26. The molecule has 0 saturated heterocycles. The van der Waals surface area contributed by atoms with Gasteiger partial charge in [0.2, 0.25) is 0 Å². The second-order valence-electron chi connectivity index (χ2n) is 5.26. The van der Waals surface area contributed by atoms with Crippen LogP contribution in [0.4, 0.5) is 0 Å². The van der Waals surface area contributed by atoms with Crippen molar-refractivity contribution in [3.8, 4) is 0 Å². The van der Waals surface area contributed by atoms with E-state index in [2.05, 4.69) is 24.0 Å². The molecule has 3 nitrogen and oxygen atoms in total. The highest BCUT2D eigenvalue weighted by Gasteiger charge is 2.22. The molecular weight excluding hydrogens is 200 g/mol. The largest absolute Gasteiger partial charge is 0.360 e. The normalized spacial score (nSPS) is 26.2. The van der Waals surface area contributed by atoms with Gasteiger partial charge in [-0.25, -0.2) is 0 Å². The first-order chi connectivity index (χ1) is 7.65. The molecule has 90 valence electrons. The van der Waals surface area contributed by atoms with Crippen LogP contribution >= 0.6 is 0 Å². The zero-order valence-electron chi connectivity index (χ0n) is 10.6. The Balaban J connectivity index is 1.85. The summed E-state index contributed by atoms with van der Waals surface area (Å²) in [7, 11) is 2.19. The maximum absolute atomic E-state index is 5.26. The molecule has 1 heterocycles. The second kappa shape index (κ2) is 5.00. The average molecular weight is 222 g/mol. The fraction of sp³-hybridized carbons (Fsp3) is 0.769. The van der Waals surface area contributed by atoms with E-state index in [0.29, 0.717) is 0 Å². The van der Waals surface area contributed by atoms with Crippen molar-refractivity contribution >= 4 is 0 Å². The summed E-state index contributed by atoms with van der Waals surface area (Å²) in [5, 5.41) is 3.93. The Morgan fingerprint density at radius 3 is 2.62 bits per heavy atom. The van der Waals surface area contributed by atoms with Gasteiger partial charge in [0.05, 0.1) is 12.2 Å². The fourth-order valence-electron chi connectivity index (χ4n) is 2.55. The Morgan fingerprint density at radius 1 is 1.38 bits per heavy atom. The van der Waals surface area contributed by atoms with Crippen LogP contribution in [-0.2, 0) is 6.54 Å². The van der Waals surface area contributed by atoms with Gasteiger partial charge >= 0.3 is 0 Å². The first-order valence-electron chi connectivity index (χ1n) is 6.27. The van der Waals surface area contributed by atoms with Gasteiger partial charge in [0.15, 0.2) is 5.76 Å². The van der Waals surface area contributed by atoms with Gasteiger partial charge in [0, 0.05) is 12.1 Å². The Kier molecular flexibility index (Phi) is 3.64. The minimum Gasteiger partial charge on any atom is -0.360 e. The lowest BCUT2D eigenvalue weighted by molar-refractivity contribution is 0.150. The van der Waals surface area contributed by atoms with Gasteiger partial charge in [0.1, 0.15) is 0 Å². The zero-order valence-corrected chi connectivity index (χ0v) is 10.6. The Labute approximate surface area is 97.8 Å². The van der Waals surface area contributed by atoms with Gasteiger partial charge in [-0.15, -0.1) is 0 Å². The number of rotatable bonds is 3. The number of hydrogen-bond donors (Lipinski definition) is 0. The molecule has 2 rings (SSSR count). The van der Waals surface area contributed by atoms with Gasteiger partial charge in [0.25, 0.3) is 0 Å². The summed E-state index contributed by atoms with van der Waals surface area (Å²) in [6.45, 7) is 5.21. The molecule has 0 amide bonds. The molecule has 0 radical (unpaired) electrons.